The van der Waals surface area contributed by atoms with Gasteiger partial charge in [0.05, 0.1) is 6.33 Å². The summed E-state index contributed by atoms with van der Waals surface area (Å²) >= 11 is 0. The first kappa shape index (κ1) is 16.4. The van der Waals surface area contributed by atoms with Crippen molar-refractivity contribution in [3.8, 4) is 0 Å². The Morgan fingerprint density at radius 1 is 0.962 bits per heavy atom. The van der Waals surface area contributed by atoms with Crippen molar-refractivity contribution in [2.75, 3.05) is 4.90 Å². The molecule has 2 aromatic carbocycles. The first-order valence-electron chi connectivity index (χ1n) is 8.73. The third-order valence-electron chi connectivity index (χ3n) is 4.53. The predicted octanol–water partition coefficient (Wildman–Crippen LogP) is 3.75. The number of rotatable bonds is 5. The summed E-state index contributed by atoms with van der Waals surface area (Å²) in [6.45, 7) is 0.693. The van der Waals surface area contributed by atoms with E-state index in [0.717, 1.165) is 23.4 Å². The molecule has 0 saturated carbocycles. The molecule has 130 valence electrons. The van der Waals surface area contributed by atoms with E-state index in [0.29, 0.717) is 6.54 Å². The van der Waals surface area contributed by atoms with Gasteiger partial charge in [-0.1, -0.05) is 48.5 Å². The number of allylic oxidation sites excluding steroid dienone is 2. The molecule has 1 aliphatic heterocycles. The van der Waals surface area contributed by atoms with Crippen molar-refractivity contribution in [3.63, 3.8) is 0 Å². The van der Waals surface area contributed by atoms with Gasteiger partial charge in [0.2, 0.25) is 0 Å². The third-order valence-corrected chi connectivity index (χ3v) is 4.53. The van der Waals surface area contributed by atoms with Gasteiger partial charge in [-0.2, -0.15) is 0 Å². The van der Waals surface area contributed by atoms with Crippen LogP contribution in [-0.2, 0) is 13.0 Å². The van der Waals surface area contributed by atoms with Gasteiger partial charge < -0.3 is 14.6 Å². The summed E-state index contributed by atoms with van der Waals surface area (Å²) in [5.74, 6) is 0. The Morgan fingerprint density at radius 2 is 1.69 bits per heavy atom. The fraction of sp³-hybridized carbons (Fsp3) is 0.136. The quantitative estimate of drug-likeness (QED) is 0.767. The van der Waals surface area contributed by atoms with E-state index < -0.39 is 6.23 Å². The molecule has 0 bridgehead atoms. The second-order valence-electron chi connectivity index (χ2n) is 6.39. The molecule has 1 atom stereocenters. The molecule has 0 radical (unpaired) electrons. The molecule has 3 aromatic rings. The minimum absolute atomic E-state index is 0.668. The molecular formula is C22H21N3O. The fourth-order valence-corrected chi connectivity index (χ4v) is 3.18. The standard InChI is InChI=1S/C22H21N3O/c26-22-14-19(11-12-25(22)20-9-5-2-6-10-20)16-24-17-23-15-21(24)13-18-7-3-1-4-8-18/h1-12,14-15,17,22,26H,13,16H2. The van der Waals surface area contributed by atoms with E-state index >= 15 is 0 Å². The Bertz CT molecular complexity index is 913. The Morgan fingerprint density at radius 3 is 2.42 bits per heavy atom. The highest BCUT2D eigenvalue weighted by molar-refractivity contribution is 5.53. The van der Waals surface area contributed by atoms with Crippen molar-refractivity contribution in [3.05, 3.63) is 108 Å². The van der Waals surface area contributed by atoms with Crippen molar-refractivity contribution in [2.45, 2.75) is 19.2 Å². The van der Waals surface area contributed by atoms with Crippen molar-refractivity contribution >= 4 is 5.69 Å². The molecule has 0 amide bonds. The number of benzene rings is 2. The van der Waals surface area contributed by atoms with Crippen LogP contribution < -0.4 is 4.90 Å². The number of para-hydroxylation sites is 1. The highest BCUT2D eigenvalue weighted by atomic mass is 16.3. The SMILES string of the molecule is OC1C=C(Cn2cncc2Cc2ccccc2)C=CN1c1ccccc1. The number of aliphatic hydroxyl groups excluding tert-OH is 1. The summed E-state index contributed by atoms with van der Waals surface area (Å²) in [5, 5.41) is 10.5. The Balaban J connectivity index is 1.48. The topological polar surface area (TPSA) is 41.3 Å². The van der Waals surface area contributed by atoms with E-state index in [-0.39, 0.29) is 0 Å². The minimum Gasteiger partial charge on any atom is -0.370 e. The van der Waals surface area contributed by atoms with Crippen LogP contribution in [0.1, 0.15) is 11.3 Å². The lowest BCUT2D eigenvalue weighted by atomic mass is 10.1. The van der Waals surface area contributed by atoms with E-state index in [9.17, 15) is 5.11 Å². The van der Waals surface area contributed by atoms with Gasteiger partial charge in [0.15, 0.2) is 6.23 Å². The van der Waals surface area contributed by atoms with Crippen LogP contribution >= 0.6 is 0 Å². The molecule has 0 fully saturated rings. The van der Waals surface area contributed by atoms with Crippen LogP contribution in [0, 0.1) is 0 Å². The molecule has 1 unspecified atom stereocenters. The monoisotopic (exact) mass is 343 g/mol. The molecule has 2 heterocycles. The molecule has 4 heteroatoms. The Hall–Kier alpha value is -3.11. The number of imidazole rings is 1. The molecule has 0 spiro atoms. The van der Waals surface area contributed by atoms with Gasteiger partial charge in [-0.15, -0.1) is 0 Å². The molecule has 1 aromatic heterocycles. The van der Waals surface area contributed by atoms with Crippen molar-refractivity contribution in [2.24, 2.45) is 0 Å². The fourth-order valence-electron chi connectivity index (χ4n) is 3.18. The van der Waals surface area contributed by atoms with Crippen LogP contribution in [0.2, 0.25) is 0 Å². The maximum atomic E-state index is 10.5. The third kappa shape index (κ3) is 3.60. The van der Waals surface area contributed by atoms with Crippen LogP contribution in [0.25, 0.3) is 0 Å². The van der Waals surface area contributed by atoms with Crippen molar-refractivity contribution in [1.82, 2.24) is 9.55 Å². The average Bonchev–Trinajstić information content (AvgIpc) is 3.10. The molecule has 26 heavy (non-hydrogen) atoms. The van der Waals surface area contributed by atoms with Crippen molar-refractivity contribution < 1.29 is 5.11 Å². The van der Waals surface area contributed by atoms with E-state index in [2.05, 4.69) is 33.8 Å². The molecule has 1 N–H and O–H groups in total. The van der Waals surface area contributed by atoms with Crippen LogP contribution in [0.4, 0.5) is 5.69 Å². The van der Waals surface area contributed by atoms with Gasteiger partial charge in [-0.3, -0.25) is 0 Å². The summed E-state index contributed by atoms with van der Waals surface area (Å²) in [6, 6.07) is 20.3. The van der Waals surface area contributed by atoms with Gasteiger partial charge >= 0.3 is 0 Å². The minimum atomic E-state index is -0.668. The van der Waals surface area contributed by atoms with Crippen LogP contribution in [0.15, 0.2) is 97.1 Å². The Kier molecular flexibility index (Phi) is 4.67. The van der Waals surface area contributed by atoms with Gasteiger partial charge in [0, 0.05) is 36.7 Å². The van der Waals surface area contributed by atoms with Gasteiger partial charge in [-0.05, 0) is 35.4 Å². The number of hydrogen-bond donors (Lipinski definition) is 1. The number of aromatic nitrogens is 2. The van der Waals surface area contributed by atoms with Gasteiger partial charge in [0.1, 0.15) is 0 Å². The second kappa shape index (κ2) is 7.42. The zero-order valence-electron chi connectivity index (χ0n) is 14.4. The van der Waals surface area contributed by atoms with Crippen LogP contribution in [-0.4, -0.2) is 20.9 Å². The summed E-state index contributed by atoms with van der Waals surface area (Å²) < 4.78 is 2.13. The van der Waals surface area contributed by atoms with Gasteiger partial charge in [-0.25, -0.2) is 4.98 Å². The second-order valence-corrected chi connectivity index (χ2v) is 6.39. The molecule has 4 nitrogen and oxygen atoms in total. The molecular weight excluding hydrogens is 322 g/mol. The summed E-state index contributed by atoms with van der Waals surface area (Å²) in [5.41, 5.74) is 4.46. The van der Waals surface area contributed by atoms with E-state index in [4.69, 9.17) is 0 Å². The smallest absolute Gasteiger partial charge is 0.150 e. The first-order chi connectivity index (χ1) is 12.8. The number of aliphatic hydroxyl groups is 1. The number of anilines is 1. The number of nitrogens with zero attached hydrogens (tertiary/aromatic N) is 3. The lowest BCUT2D eigenvalue weighted by Crippen LogP contribution is -2.31. The maximum absolute atomic E-state index is 10.5. The first-order valence-corrected chi connectivity index (χ1v) is 8.73. The summed E-state index contributed by atoms with van der Waals surface area (Å²) in [4.78, 5) is 6.15. The largest absolute Gasteiger partial charge is 0.370 e. The van der Waals surface area contributed by atoms with Gasteiger partial charge in [0.25, 0.3) is 0 Å². The van der Waals surface area contributed by atoms with Crippen LogP contribution in [0.5, 0.6) is 0 Å². The maximum Gasteiger partial charge on any atom is 0.150 e. The molecule has 0 aliphatic carbocycles. The molecule has 4 rings (SSSR count). The number of hydrogen-bond acceptors (Lipinski definition) is 3. The Labute approximate surface area is 153 Å². The zero-order chi connectivity index (χ0) is 17.8. The summed E-state index contributed by atoms with van der Waals surface area (Å²) in [7, 11) is 0. The molecule has 0 saturated heterocycles. The van der Waals surface area contributed by atoms with E-state index in [1.54, 1.807) is 0 Å². The lowest BCUT2D eigenvalue weighted by Gasteiger charge is -2.28. The van der Waals surface area contributed by atoms with E-state index in [1.165, 1.54) is 5.56 Å². The highest BCUT2D eigenvalue weighted by Gasteiger charge is 2.16. The zero-order valence-corrected chi connectivity index (χ0v) is 14.4. The molecule has 1 aliphatic rings. The average molecular weight is 343 g/mol. The lowest BCUT2D eigenvalue weighted by molar-refractivity contribution is 0.225. The predicted molar refractivity (Wildman–Crippen MR) is 104 cm³/mol. The van der Waals surface area contributed by atoms with E-state index in [1.807, 2.05) is 72.2 Å². The normalized spacial score (nSPS) is 16.6. The van der Waals surface area contributed by atoms with Crippen molar-refractivity contribution in [1.29, 1.82) is 0 Å². The van der Waals surface area contributed by atoms with Crippen LogP contribution in [0.3, 0.4) is 0 Å². The summed E-state index contributed by atoms with van der Waals surface area (Å²) in [6.07, 6.45) is 9.80. The highest BCUT2D eigenvalue weighted by Crippen LogP contribution is 2.22.